The molecule has 36 heavy (non-hydrogen) atoms. The molecule has 5 aliphatic rings. The second-order valence-electron chi connectivity index (χ2n) is 12.8. The van der Waals surface area contributed by atoms with E-state index in [9.17, 15) is 35.1 Å². The predicted molar refractivity (Wildman–Crippen MR) is 127 cm³/mol. The molecule has 9 nitrogen and oxygen atoms in total. The van der Waals surface area contributed by atoms with Crippen LogP contribution in [-0.2, 0) is 19.1 Å². The molecule has 1 saturated heterocycles. The first kappa shape index (κ1) is 26.5. The van der Waals surface area contributed by atoms with Crippen molar-refractivity contribution in [2.24, 2.45) is 40.4 Å². The fraction of sp³-hybridized carbons (Fsp3) is 0.926. The number of aliphatic hydroxyl groups excluding tert-OH is 4. The lowest BCUT2D eigenvalue weighted by Crippen LogP contribution is -2.60. The van der Waals surface area contributed by atoms with Gasteiger partial charge < -0.3 is 35.0 Å². The highest BCUT2D eigenvalue weighted by atomic mass is 16.7. The Bertz CT molecular complexity index is 864. The van der Waals surface area contributed by atoms with Gasteiger partial charge in [0.1, 0.15) is 24.9 Å². The molecule has 4 saturated carbocycles. The SMILES string of the molecule is CC12CCC(O)CC1CCC1C2CCC2(C)C(C(=O)COC3OC(C(=O)O)C(O)C(O)C3O)CCC12. The number of hydrogen-bond acceptors (Lipinski definition) is 8. The first-order valence-electron chi connectivity index (χ1n) is 13.7. The lowest BCUT2D eigenvalue weighted by atomic mass is 9.44. The topological polar surface area (TPSA) is 154 Å². The van der Waals surface area contributed by atoms with E-state index in [4.69, 9.17) is 9.47 Å². The summed E-state index contributed by atoms with van der Waals surface area (Å²) in [6.45, 7) is 4.35. The minimum absolute atomic E-state index is 0.0811. The number of carboxylic acid groups (broad SMARTS) is 1. The monoisotopic (exact) mass is 510 g/mol. The molecule has 5 fully saturated rings. The Kier molecular flexibility index (Phi) is 7.05. The summed E-state index contributed by atoms with van der Waals surface area (Å²) in [6, 6.07) is 0. The molecule has 5 rings (SSSR count). The highest BCUT2D eigenvalue weighted by Gasteiger charge is 2.61. The van der Waals surface area contributed by atoms with Crippen LogP contribution in [0, 0.1) is 40.4 Å². The van der Waals surface area contributed by atoms with E-state index in [1.54, 1.807) is 0 Å². The molecule has 0 amide bonds. The Labute approximate surface area is 212 Å². The molecular formula is C27H42O9. The molecule has 4 aliphatic carbocycles. The molecule has 204 valence electrons. The Morgan fingerprint density at radius 2 is 1.56 bits per heavy atom. The van der Waals surface area contributed by atoms with Gasteiger partial charge in [-0.1, -0.05) is 13.8 Å². The van der Waals surface area contributed by atoms with E-state index in [-0.39, 0.29) is 35.2 Å². The Balaban J connectivity index is 1.24. The molecule has 0 aromatic carbocycles. The van der Waals surface area contributed by atoms with Crippen molar-refractivity contribution in [2.45, 2.75) is 108 Å². The maximum atomic E-state index is 13.4. The number of hydrogen-bond donors (Lipinski definition) is 5. The number of ether oxygens (including phenoxy) is 2. The summed E-state index contributed by atoms with van der Waals surface area (Å²) in [5.74, 6) is 0.557. The third kappa shape index (κ3) is 4.14. The Hall–Kier alpha value is -1.10. The van der Waals surface area contributed by atoms with Crippen LogP contribution in [0.2, 0.25) is 0 Å². The summed E-state index contributed by atoms with van der Waals surface area (Å²) in [5.41, 5.74) is 0.152. The Morgan fingerprint density at radius 3 is 2.28 bits per heavy atom. The van der Waals surface area contributed by atoms with Crippen LogP contribution in [0.4, 0.5) is 0 Å². The third-order valence-corrected chi connectivity index (χ3v) is 11.2. The normalized spacial score (nSPS) is 52.7. The number of fused-ring (bicyclic) bond motifs is 5. The summed E-state index contributed by atoms with van der Waals surface area (Å²) >= 11 is 0. The average molecular weight is 511 g/mol. The molecule has 9 heteroatoms. The standard InChI is InChI=1S/C27H42O9/c1-26-9-7-14(28)11-13(26)3-4-15-16-5-6-18(27(16,2)10-8-17(15)26)19(29)12-35-25-22(32)20(30)21(31)23(36-25)24(33)34/h13-18,20-23,25,28,30-32H,3-12H2,1-2H3,(H,33,34). The summed E-state index contributed by atoms with van der Waals surface area (Å²) in [5, 5.41) is 49.6. The zero-order chi connectivity index (χ0) is 26.0. The van der Waals surface area contributed by atoms with E-state index < -0.39 is 36.7 Å². The van der Waals surface area contributed by atoms with Crippen LogP contribution in [0.3, 0.4) is 0 Å². The molecule has 1 heterocycles. The van der Waals surface area contributed by atoms with Gasteiger partial charge in [0.15, 0.2) is 18.2 Å². The maximum absolute atomic E-state index is 13.4. The van der Waals surface area contributed by atoms with Crippen molar-refractivity contribution in [1.29, 1.82) is 0 Å². The van der Waals surface area contributed by atoms with Gasteiger partial charge in [0.05, 0.1) is 6.10 Å². The number of aliphatic carboxylic acids is 1. The average Bonchev–Trinajstić information content (AvgIpc) is 3.19. The van der Waals surface area contributed by atoms with Crippen LogP contribution < -0.4 is 0 Å². The molecule has 13 unspecified atom stereocenters. The molecule has 0 aromatic heterocycles. The largest absolute Gasteiger partial charge is 0.479 e. The second-order valence-corrected chi connectivity index (χ2v) is 12.8. The van der Waals surface area contributed by atoms with Gasteiger partial charge in [-0.2, -0.15) is 0 Å². The van der Waals surface area contributed by atoms with E-state index in [0.717, 1.165) is 57.8 Å². The van der Waals surface area contributed by atoms with Gasteiger partial charge >= 0.3 is 5.97 Å². The number of ketones is 1. The second kappa shape index (κ2) is 9.58. The van der Waals surface area contributed by atoms with E-state index in [1.807, 2.05) is 0 Å². The van der Waals surface area contributed by atoms with Crippen LogP contribution in [-0.4, -0.2) is 80.7 Å². The number of carbonyl (C=O) groups is 2. The predicted octanol–water partition coefficient (Wildman–Crippen LogP) is 1.48. The quantitative estimate of drug-likeness (QED) is 0.370. The van der Waals surface area contributed by atoms with Crippen LogP contribution in [0.25, 0.3) is 0 Å². The van der Waals surface area contributed by atoms with Gasteiger partial charge in [-0.15, -0.1) is 0 Å². The van der Waals surface area contributed by atoms with Crippen molar-refractivity contribution in [3.05, 3.63) is 0 Å². The minimum atomic E-state index is -1.79. The summed E-state index contributed by atoms with van der Waals surface area (Å²) < 4.78 is 10.7. The molecular weight excluding hydrogens is 468 g/mol. The highest BCUT2D eigenvalue weighted by Crippen LogP contribution is 2.67. The lowest BCUT2D eigenvalue weighted by Gasteiger charge is -2.60. The van der Waals surface area contributed by atoms with Crippen molar-refractivity contribution >= 4 is 11.8 Å². The maximum Gasteiger partial charge on any atom is 0.335 e. The lowest BCUT2D eigenvalue weighted by molar-refractivity contribution is -0.292. The van der Waals surface area contributed by atoms with Crippen molar-refractivity contribution in [3.63, 3.8) is 0 Å². The molecule has 0 spiro atoms. The van der Waals surface area contributed by atoms with Crippen molar-refractivity contribution < 1.29 is 44.6 Å². The third-order valence-electron chi connectivity index (χ3n) is 11.2. The van der Waals surface area contributed by atoms with Gasteiger partial charge in [-0.25, -0.2) is 4.79 Å². The number of Topliss-reactive ketones (excluding diaryl/α,β-unsaturated/α-hetero) is 1. The fourth-order valence-corrected chi connectivity index (χ4v) is 9.22. The summed E-state index contributed by atoms with van der Waals surface area (Å²) in [4.78, 5) is 24.7. The van der Waals surface area contributed by atoms with Crippen LogP contribution in [0.5, 0.6) is 0 Å². The molecule has 13 atom stereocenters. The van der Waals surface area contributed by atoms with E-state index in [0.29, 0.717) is 23.7 Å². The fourth-order valence-electron chi connectivity index (χ4n) is 9.22. The molecule has 0 radical (unpaired) electrons. The zero-order valence-corrected chi connectivity index (χ0v) is 21.3. The zero-order valence-electron chi connectivity index (χ0n) is 21.3. The molecule has 5 N–H and O–H groups in total. The summed E-state index contributed by atoms with van der Waals surface area (Å²) in [6.07, 6.45) is 0.468. The van der Waals surface area contributed by atoms with Crippen molar-refractivity contribution in [3.8, 4) is 0 Å². The van der Waals surface area contributed by atoms with Gasteiger partial charge in [-0.05, 0) is 92.3 Å². The van der Waals surface area contributed by atoms with E-state index in [1.165, 1.54) is 0 Å². The number of rotatable bonds is 5. The van der Waals surface area contributed by atoms with Crippen molar-refractivity contribution in [2.75, 3.05) is 6.61 Å². The van der Waals surface area contributed by atoms with Gasteiger partial charge in [0.25, 0.3) is 0 Å². The van der Waals surface area contributed by atoms with E-state index in [2.05, 4.69) is 13.8 Å². The molecule has 1 aliphatic heterocycles. The van der Waals surface area contributed by atoms with Crippen LogP contribution in [0.1, 0.15) is 71.6 Å². The van der Waals surface area contributed by atoms with Crippen LogP contribution >= 0.6 is 0 Å². The molecule has 0 bridgehead atoms. The summed E-state index contributed by atoms with van der Waals surface area (Å²) in [7, 11) is 0. The van der Waals surface area contributed by atoms with Crippen LogP contribution in [0.15, 0.2) is 0 Å². The number of carbonyl (C=O) groups excluding carboxylic acids is 1. The number of aliphatic hydroxyl groups is 4. The van der Waals surface area contributed by atoms with Gasteiger partial charge in [-0.3, -0.25) is 4.79 Å². The van der Waals surface area contributed by atoms with Crippen molar-refractivity contribution in [1.82, 2.24) is 0 Å². The van der Waals surface area contributed by atoms with Gasteiger partial charge in [0.2, 0.25) is 0 Å². The molecule has 0 aromatic rings. The van der Waals surface area contributed by atoms with E-state index >= 15 is 0 Å². The number of carboxylic acids is 1. The Morgan fingerprint density at radius 1 is 0.861 bits per heavy atom. The minimum Gasteiger partial charge on any atom is -0.479 e. The smallest absolute Gasteiger partial charge is 0.335 e. The first-order valence-corrected chi connectivity index (χ1v) is 13.7. The highest BCUT2D eigenvalue weighted by molar-refractivity contribution is 5.83. The first-order chi connectivity index (χ1) is 17.0. The van der Waals surface area contributed by atoms with Gasteiger partial charge in [0, 0.05) is 5.92 Å².